The zero-order valence-corrected chi connectivity index (χ0v) is 12.9. The van der Waals surface area contributed by atoms with E-state index in [2.05, 4.69) is 15.3 Å². The second-order valence-electron chi connectivity index (χ2n) is 4.89. The third-order valence-corrected chi connectivity index (χ3v) is 3.29. The van der Waals surface area contributed by atoms with Crippen LogP contribution in [0.25, 0.3) is 5.69 Å². The summed E-state index contributed by atoms with van der Waals surface area (Å²) in [5, 5.41) is 7.85. The van der Waals surface area contributed by atoms with Crippen molar-refractivity contribution in [1.82, 2.24) is 20.0 Å². The smallest absolute Gasteiger partial charge is 0.338 e. The molecule has 24 heavy (non-hydrogen) atoms. The fourth-order valence-electron chi connectivity index (χ4n) is 2.10. The molecule has 3 rings (SSSR count). The number of hydrogen-bond acceptors (Lipinski definition) is 6. The predicted octanol–water partition coefficient (Wildman–Crippen LogP) is 2.07. The minimum Gasteiger partial charge on any atom is -0.462 e. The van der Waals surface area contributed by atoms with Gasteiger partial charge in [-0.15, -0.1) is 5.10 Å². The van der Waals surface area contributed by atoms with Gasteiger partial charge in [0.1, 0.15) is 0 Å². The van der Waals surface area contributed by atoms with Gasteiger partial charge in [0, 0.05) is 18.0 Å². The lowest BCUT2D eigenvalue weighted by molar-refractivity contribution is 0.0526. The molecule has 0 amide bonds. The topological polar surface area (TPSA) is 87.0 Å². The third kappa shape index (κ3) is 3.19. The van der Waals surface area contributed by atoms with Crippen molar-refractivity contribution in [3.8, 4) is 5.69 Å². The van der Waals surface area contributed by atoms with Crippen LogP contribution in [-0.4, -0.2) is 38.3 Å². The Morgan fingerprint density at radius 3 is 2.58 bits per heavy atom. The minimum absolute atomic E-state index is 0.220. The van der Waals surface area contributed by atoms with Crippen LogP contribution in [0.3, 0.4) is 0 Å². The van der Waals surface area contributed by atoms with Gasteiger partial charge in [-0.25, -0.2) is 9.48 Å². The van der Waals surface area contributed by atoms with Crippen molar-refractivity contribution in [3.05, 3.63) is 71.8 Å². The van der Waals surface area contributed by atoms with Gasteiger partial charge in [-0.1, -0.05) is 5.21 Å². The number of carbonyl (C=O) groups is 2. The quantitative estimate of drug-likeness (QED) is 0.528. The van der Waals surface area contributed by atoms with Crippen molar-refractivity contribution in [2.24, 2.45) is 0 Å². The fourth-order valence-corrected chi connectivity index (χ4v) is 2.10. The highest BCUT2D eigenvalue weighted by molar-refractivity contribution is 6.07. The van der Waals surface area contributed by atoms with Gasteiger partial charge in [-0.2, -0.15) is 0 Å². The van der Waals surface area contributed by atoms with Crippen LogP contribution in [0.15, 0.2) is 55.0 Å². The summed E-state index contributed by atoms with van der Waals surface area (Å²) in [7, 11) is 0. The molecule has 0 aliphatic carbocycles. The van der Waals surface area contributed by atoms with Crippen LogP contribution in [0.4, 0.5) is 0 Å². The maximum atomic E-state index is 12.3. The molecule has 7 nitrogen and oxygen atoms in total. The molecule has 0 aliphatic heterocycles. The van der Waals surface area contributed by atoms with Gasteiger partial charge in [-0.3, -0.25) is 9.78 Å². The first-order valence-electron chi connectivity index (χ1n) is 7.33. The predicted molar refractivity (Wildman–Crippen MR) is 85.0 cm³/mol. The highest BCUT2D eigenvalue weighted by atomic mass is 16.5. The number of pyridine rings is 1. The van der Waals surface area contributed by atoms with Gasteiger partial charge >= 0.3 is 5.97 Å². The summed E-state index contributed by atoms with van der Waals surface area (Å²) >= 11 is 0. The van der Waals surface area contributed by atoms with Crippen LogP contribution in [0, 0.1) is 0 Å². The molecular formula is C17H14N4O3. The minimum atomic E-state index is -0.380. The van der Waals surface area contributed by atoms with E-state index in [1.165, 1.54) is 17.1 Å². The summed E-state index contributed by atoms with van der Waals surface area (Å²) in [5.41, 5.74) is 1.80. The normalized spacial score (nSPS) is 10.4. The lowest BCUT2D eigenvalue weighted by Gasteiger charge is -2.03. The number of rotatable bonds is 5. The number of carbonyl (C=O) groups excluding carboxylic acids is 2. The molecule has 0 N–H and O–H groups in total. The van der Waals surface area contributed by atoms with Gasteiger partial charge in [0.2, 0.25) is 5.78 Å². The number of esters is 1. The SMILES string of the molecule is CCOC(=O)c1ccc(-n2cc(C(=O)c3cccnc3)nn2)cc1. The zero-order valence-electron chi connectivity index (χ0n) is 12.9. The second-order valence-corrected chi connectivity index (χ2v) is 4.89. The van der Waals surface area contributed by atoms with Crippen molar-refractivity contribution in [1.29, 1.82) is 0 Å². The summed E-state index contributed by atoms with van der Waals surface area (Å²) in [5.74, 6) is -0.632. The molecule has 0 saturated carbocycles. The molecule has 2 aromatic heterocycles. The Morgan fingerprint density at radius 1 is 1.12 bits per heavy atom. The fraction of sp³-hybridized carbons (Fsp3) is 0.118. The van der Waals surface area contributed by atoms with Gasteiger partial charge in [-0.05, 0) is 43.3 Å². The summed E-state index contributed by atoms with van der Waals surface area (Å²) < 4.78 is 6.40. The molecule has 2 heterocycles. The molecule has 0 bridgehead atoms. The molecule has 1 aromatic carbocycles. The van der Waals surface area contributed by atoms with Crippen LogP contribution in [-0.2, 0) is 4.74 Å². The number of ether oxygens (including phenoxy) is 1. The molecule has 3 aromatic rings. The molecule has 0 saturated heterocycles. The Hall–Kier alpha value is -3.35. The van der Waals surface area contributed by atoms with Crippen molar-refractivity contribution < 1.29 is 14.3 Å². The first-order chi connectivity index (χ1) is 11.7. The first kappa shape index (κ1) is 15.5. The summed E-state index contributed by atoms with van der Waals surface area (Å²) in [6, 6.07) is 10.0. The molecule has 0 atom stereocenters. The van der Waals surface area contributed by atoms with Gasteiger partial charge < -0.3 is 4.74 Å². The Balaban J connectivity index is 1.81. The van der Waals surface area contributed by atoms with Crippen LogP contribution in [0.1, 0.15) is 33.3 Å². The van der Waals surface area contributed by atoms with Crippen molar-refractivity contribution >= 4 is 11.8 Å². The summed E-state index contributed by atoms with van der Waals surface area (Å²) in [6.45, 7) is 2.08. The number of nitrogens with zero attached hydrogens (tertiary/aromatic N) is 4. The Morgan fingerprint density at radius 2 is 1.92 bits per heavy atom. The molecule has 0 spiro atoms. The Labute approximate surface area is 137 Å². The number of aromatic nitrogens is 4. The van der Waals surface area contributed by atoms with Crippen LogP contribution in [0.5, 0.6) is 0 Å². The van der Waals surface area contributed by atoms with Crippen molar-refractivity contribution in [2.45, 2.75) is 6.92 Å². The molecule has 0 radical (unpaired) electrons. The van der Waals surface area contributed by atoms with E-state index >= 15 is 0 Å². The van der Waals surface area contributed by atoms with Crippen LogP contribution < -0.4 is 0 Å². The van der Waals surface area contributed by atoms with E-state index in [0.29, 0.717) is 23.4 Å². The van der Waals surface area contributed by atoms with E-state index in [-0.39, 0.29) is 17.4 Å². The van der Waals surface area contributed by atoms with E-state index in [4.69, 9.17) is 4.74 Å². The monoisotopic (exact) mass is 322 g/mol. The van der Waals surface area contributed by atoms with Gasteiger partial charge in [0.15, 0.2) is 5.69 Å². The number of benzene rings is 1. The summed E-state index contributed by atoms with van der Waals surface area (Å²) in [6.07, 6.45) is 4.61. The van der Waals surface area contributed by atoms with E-state index in [1.807, 2.05) is 0 Å². The van der Waals surface area contributed by atoms with E-state index in [9.17, 15) is 9.59 Å². The lowest BCUT2D eigenvalue weighted by atomic mass is 10.1. The maximum Gasteiger partial charge on any atom is 0.338 e. The van der Waals surface area contributed by atoms with Gasteiger partial charge in [0.05, 0.1) is 24.1 Å². The average Bonchev–Trinajstić information content (AvgIpc) is 3.12. The van der Waals surface area contributed by atoms with Crippen molar-refractivity contribution in [3.63, 3.8) is 0 Å². The molecule has 7 heteroatoms. The average molecular weight is 322 g/mol. The lowest BCUT2D eigenvalue weighted by Crippen LogP contribution is -2.05. The highest BCUT2D eigenvalue weighted by Gasteiger charge is 2.14. The second kappa shape index (κ2) is 6.82. The van der Waals surface area contributed by atoms with E-state index < -0.39 is 0 Å². The van der Waals surface area contributed by atoms with E-state index in [1.54, 1.807) is 49.5 Å². The zero-order chi connectivity index (χ0) is 16.9. The van der Waals surface area contributed by atoms with E-state index in [0.717, 1.165) is 0 Å². The van der Waals surface area contributed by atoms with Crippen molar-refractivity contribution in [2.75, 3.05) is 6.61 Å². The number of ketones is 1. The van der Waals surface area contributed by atoms with Crippen LogP contribution >= 0.6 is 0 Å². The molecule has 120 valence electrons. The molecular weight excluding hydrogens is 308 g/mol. The first-order valence-corrected chi connectivity index (χ1v) is 7.33. The number of hydrogen-bond donors (Lipinski definition) is 0. The standard InChI is InChI=1S/C17H14N4O3/c1-2-24-17(23)12-5-7-14(8-6-12)21-11-15(19-20-21)16(22)13-4-3-9-18-10-13/h3-11H,2H2,1H3. The Bertz CT molecular complexity index is 857. The van der Waals surface area contributed by atoms with Gasteiger partial charge in [0.25, 0.3) is 0 Å². The molecule has 0 unspecified atom stereocenters. The molecule has 0 aliphatic rings. The third-order valence-electron chi connectivity index (χ3n) is 3.29. The van der Waals surface area contributed by atoms with Crippen LogP contribution in [0.2, 0.25) is 0 Å². The highest BCUT2D eigenvalue weighted by Crippen LogP contribution is 2.12. The Kier molecular flexibility index (Phi) is 4.42. The maximum absolute atomic E-state index is 12.3. The summed E-state index contributed by atoms with van der Waals surface area (Å²) in [4.78, 5) is 27.8. The molecule has 0 fully saturated rings. The largest absolute Gasteiger partial charge is 0.462 e.